The van der Waals surface area contributed by atoms with Crippen molar-refractivity contribution in [2.75, 3.05) is 23.4 Å². The second-order valence-corrected chi connectivity index (χ2v) is 9.95. The Morgan fingerprint density at radius 2 is 2.19 bits per heavy atom. The molecule has 7 nitrogen and oxygen atoms in total. The van der Waals surface area contributed by atoms with E-state index in [1.165, 1.54) is 21.1 Å². The lowest BCUT2D eigenvalue weighted by Crippen LogP contribution is -2.43. The first-order valence-corrected chi connectivity index (χ1v) is 12.1. The molecule has 1 aliphatic carbocycles. The van der Waals surface area contributed by atoms with Crippen LogP contribution in [0.5, 0.6) is 5.75 Å². The van der Waals surface area contributed by atoms with E-state index in [-0.39, 0.29) is 25.0 Å². The molecular formula is C23H20N4O3S2. The maximum atomic E-state index is 12.9. The zero-order chi connectivity index (χ0) is 22.2. The molecule has 0 atom stereocenters. The van der Waals surface area contributed by atoms with Gasteiger partial charge in [0.15, 0.2) is 6.61 Å². The third-order valence-corrected chi connectivity index (χ3v) is 7.64. The van der Waals surface area contributed by atoms with E-state index >= 15 is 0 Å². The van der Waals surface area contributed by atoms with E-state index < -0.39 is 0 Å². The Morgan fingerprint density at radius 3 is 2.97 bits per heavy atom. The number of nitriles is 1. The van der Waals surface area contributed by atoms with Crippen molar-refractivity contribution in [3.63, 3.8) is 0 Å². The maximum absolute atomic E-state index is 12.9. The second kappa shape index (κ2) is 8.37. The van der Waals surface area contributed by atoms with Gasteiger partial charge in [-0.05, 0) is 56.4 Å². The molecule has 2 amide bonds. The Labute approximate surface area is 193 Å². The number of hydrogen-bond donors (Lipinski definition) is 1. The third kappa shape index (κ3) is 3.76. The van der Waals surface area contributed by atoms with Gasteiger partial charge in [0.25, 0.3) is 5.91 Å². The number of aryl methyl sites for hydroxylation is 2. The highest BCUT2D eigenvalue weighted by Crippen LogP contribution is 2.38. The van der Waals surface area contributed by atoms with Gasteiger partial charge < -0.3 is 10.1 Å². The van der Waals surface area contributed by atoms with E-state index in [2.05, 4.69) is 16.4 Å². The number of fused-ring (bicyclic) bond motifs is 2. The molecule has 3 heterocycles. The smallest absolute Gasteiger partial charge is 0.265 e. The van der Waals surface area contributed by atoms with Gasteiger partial charge in [-0.25, -0.2) is 4.98 Å². The number of ether oxygens (including phenoxy) is 1. The number of amides is 2. The summed E-state index contributed by atoms with van der Waals surface area (Å²) < 4.78 is 5.57. The molecule has 0 saturated carbocycles. The molecule has 1 aliphatic heterocycles. The van der Waals surface area contributed by atoms with E-state index in [4.69, 9.17) is 4.74 Å². The number of benzene rings is 1. The van der Waals surface area contributed by atoms with Gasteiger partial charge in [-0.1, -0.05) is 0 Å². The lowest BCUT2D eigenvalue weighted by Gasteiger charge is -2.29. The van der Waals surface area contributed by atoms with Crippen LogP contribution in [0.3, 0.4) is 0 Å². The number of rotatable bonds is 4. The predicted molar refractivity (Wildman–Crippen MR) is 124 cm³/mol. The number of thiazole rings is 1. The van der Waals surface area contributed by atoms with Gasteiger partial charge in [0, 0.05) is 15.8 Å². The van der Waals surface area contributed by atoms with Crippen molar-refractivity contribution in [3.8, 4) is 23.1 Å². The van der Waals surface area contributed by atoms with E-state index in [0.717, 1.165) is 47.5 Å². The predicted octanol–water partition coefficient (Wildman–Crippen LogP) is 4.29. The fourth-order valence-electron chi connectivity index (χ4n) is 4.11. The van der Waals surface area contributed by atoms with Crippen LogP contribution in [0.15, 0.2) is 23.6 Å². The number of carbonyl (C=O) groups excluding carboxylic acids is 2. The summed E-state index contributed by atoms with van der Waals surface area (Å²) in [6.07, 6.45) is 3.98. The molecule has 0 fully saturated rings. The normalized spacial score (nSPS) is 14.9. The van der Waals surface area contributed by atoms with Crippen LogP contribution in [0, 0.1) is 18.3 Å². The van der Waals surface area contributed by atoms with Crippen molar-refractivity contribution >= 4 is 45.2 Å². The Bertz CT molecular complexity index is 1270. The standard InChI is InChI=1S/C23H20N4O3S2/c1-13-25-17(12-31-13)14-6-7-19-18(8-14)27(22(29)11-30-19)10-21(28)26-23-16(9-24)15-4-2-3-5-20(15)32-23/h6-8,12H,2-5,10-11H2,1H3,(H,26,28). The molecule has 2 aromatic heterocycles. The Kier molecular flexibility index (Phi) is 5.41. The molecule has 9 heteroatoms. The Balaban J connectivity index is 1.40. The number of carbonyl (C=O) groups is 2. The Hall–Kier alpha value is -3.22. The number of thiophene rings is 1. The number of aromatic nitrogens is 1. The van der Waals surface area contributed by atoms with Crippen LogP contribution in [0.1, 0.15) is 33.9 Å². The SMILES string of the molecule is Cc1nc(-c2ccc3c(c2)N(CC(=O)Nc2sc4c(c2C#N)CCCC4)C(=O)CO3)cs1. The summed E-state index contributed by atoms with van der Waals surface area (Å²) in [7, 11) is 0. The first kappa shape index (κ1) is 20.7. The van der Waals surface area contributed by atoms with Crippen LogP contribution < -0.4 is 15.0 Å². The molecule has 0 unspecified atom stereocenters. The van der Waals surface area contributed by atoms with Crippen LogP contribution in [0.2, 0.25) is 0 Å². The van der Waals surface area contributed by atoms with Gasteiger partial charge >= 0.3 is 0 Å². The van der Waals surface area contributed by atoms with Crippen LogP contribution >= 0.6 is 22.7 Å². The quantitative estimate of drug-likeness (QED) is 0.621. The lowest BCUT2D eigenvalue weighted by molar-refractivity contribution is -0.123. The van der Waals surface area contributed by atoms with E-state index in [1.54, 1.807) is 17.4 Å². The van der Waals surface area contributed by atoms with Crippen molar-refractivity contribution in [1.29, 1.82) is 5.26 Å². The largest absolute Gasteiger partial charge is 0.482 e. The molecule has 0 bridgehead atoms. The van der Waals surface area contributed by atoms with Crippen LogP contribution in [0.4, 0.5) is 10.7 Å². The summed E-state index contributed by atoms with van der Waals surface area (Å²) in [4.78, 5) is 32.7. The molecule has 32 heavy (non-hydrogen) atoms. The molecule has 2 aliphatic rings. The first-order valence-electron chi connectivity index (χ1n) is 10.4. The molecule has 162 valence electrons. The van der Waals surface area contributed by atoms with Crippen LogP contribution in [-0.4, -0.2) is 29.9 Å². The highest BCUT2D eigenvalue weighted by molar-refractivity contribution is 7.16. The summed E-state index contributed by atoms with van der Waals surface area (Å²) in [5.41, 5.74) is 3.85. The molecule has 5 rings (SSSR count). The third-order valence-electron chi connectivity index (χ3n) is 5.65. The molecular weight excluding hydrogens is 444 g/mol. The van der Waals surface area contributed by atoms with Crippen LogP contribution in [0.25, 0.3) is 11.3 Å². The van der Waals surface area contributed by atoms with E-state index in [0.29, 0.717) is 22.0 Å². The fourth-order valence-corrected chi connectivity index (χ4v) is 5.99. The average molecular weight is 465 g/mol. The van der Waals surface area contributed by atoms with Crippen molar-refractivity contribution in [2.45, 2.75) is 32.6 Å². The number of anilines is 2. The molecule has 0 radical (unpaired) electrons. The van der Waals surface area contributed by atoms with Crippen molar-refractivity contribution < 1.29 is 14.3 Å². The van der Waals surface area contributed by atoms with Gasteiger partial charge in [0.2, 0.25) is 5.91 Å². The number of nitrogens with one attached hydrogen (secondary N) is 1. The van der Waals surface area contributed by atoms with Crippen molar-refractivity contribution in [1.82, 2.24) is 4.98 Å². The van der Waals surface area contributed by atoms with Gasteiger partial charge in [-0.3, -0.25) is 14.5 Å². The second-order valence-electron chi connectivity index (χ2n) is 7.78. The van der Waals surface area contributed by atoms with Gasteiger partial charge in [0.1, 0.15) is 23.4 Å². The minimum absolute atomic E-state index is 0.119. The molecule has 1 aromatic carbocycles. The summed E-state index contributed by atoms with van der Waals surface area (Å²) in [6.45, 7) is 1.67. The summed E-state index contributed by atoms with van der Waals surface area (Å²) in [5, 5.41) is 16.0. The monoisotopic (exact) mass is 464 g/mol. The number of nitrogens with zero attached hydrogens (tertiary/aromatic N) is 3. The zero-order valence-corrected chi connectivity index (χ0v) is 19.1. The summed E-state index contributed by atoms with van der Waals surface area (Å²) >= 11 is 3.03. The van der Waals surface area contributed by atoms with Crippen LogP contribution in [-0.2, 0) is 22.4 Å². The number of hydrogen-bond acceptors (Lipinski definition) is 7. The van der Waals surface area contributed by atoms with E-state index in [9.17, 15) is 14.9 Å². The molecule has 0 spiro atoms. The molecule has 1 N–H and O–H groups in total. The lowest BCUT2D eigenvalue weighted by atomic mass is 9.96. The molecule has 3 aromatic rings. The van der Waals surface area contributed by atoms with Crippen molar-refractivity contribution in [2.24, 2.45) is 0 Å². The zero-order valence-electron chi connectivity index (χ0n) is 17.4. The summed E-state index contributed by atoms with van der Waals surface area (Å²) in [5.74, 6) is -0.0705. The highest BCUT2D eigenvalue weighted by Gasteiger charge is 2.29. The maximum Gasteiger partial charge on any atom is 0.265 e. The minimum Gasteiger partial charge on any atom is -0.482 e. The van der Waals surface area contributed by atoms with E-state index in [1.807, 2.05) is 24.4 Å². The summed E-state index contributed by atoms with van der Waals surface area (Å²) in [6, 6.07) is 7.79. The van der Waals surface area contributed by atoms with Crippen molar-refractivity contribution in [3.05, 3.63) is 44.6 Å². The van der Waals surface area contributed by atoms with Gasteiger partial charge in [-0.2, -0.15) is 5.26 Å². The topological polar surface area (TPSA) is 95.3 Å². The fraction of sp³-hybridized carbons (Fsp3) is 0.304. The average Bonchev–Trinajstić information content (AvgIpc) is 3.38. The van der Waals surface area contributed by atoms with Gasteiger partial charge in [-0.15, -0.1) is 22.7 Å². The highest BCUT2D eigenvalue weighted by atomic mass is 32.1. The first-order chi connectivity index (χ1) is 15.5. The Morgan fingerprint density at radius 1 is 1.34 bits per heavy atom. The van der Waals surface area contributed by atoms with Gasteiger partial charge in [0.05, 0.1) is 22.0 Å². The minimum atomic E-state index is -0.337. The molecule has 0 saturated heterocycles.